The van der Waals surface area contributed by atoms with Crippen molar-refractivity contribution in [2.45, 2.75) is 65.2 Å². The first kappa shape index (κ1) is 24.7. The summed E-state index contributed by atoms with van der Waals surface area (Å²) in [5.74, 6) is -2.43. The SMILES string of the molecule is CC(C)(C)OC(=O)CC(NC(=O)OC(C)(C)C)C(=O)Nc1ccc2[nH]c(C(=O)O)cc2c1. The Bertz CT molecular complexity index is 998. The summed E-state index contributed by atoms with van der Waals surface area (Å²) in [7, 11) is 0. The molecule has 2 aromatic rings. The Balaban J connectivity index is 2.20. The molecule has 2 amide bonds. The number of fused-ring (bicyclic) bond motifs is 1. The van der Waals surface area contributed by atoms with Crippen molar-refractivity contribution in [1.29, 1.82) is 0 Å². The number of nitrogens with one attached hydrogen (secondary N) is 3. The van der Waals surface area contributed by atoms with E-state index in [0.29, 0.717) is 16.6 Å². The minimum Gasteiger partial charge on any atom is -0.477 e. The van der Waals surface area contributed by atoms with Crippen LogP contribution in [0.4, 0.5) is 10.5 Å². The van der Waals surface area contributed by atoms with E-state index >= 15 is 0 Å². The molecule has 1 aromatic carbocycles. The predicted molar refractivity (Wildman–Crippen MR) is 118 cm³/mol. The van der Waals surface area contributed by atoms with E-state index in [1.165, 1.54) is 6.07 Å². The van der Waals surface area contributed by atoms with E-state index in [1.807, 2.05) is 0 Å². The van der Waals surface area contributed by atoms with E-state index in [9.17, 15) is 19.2 Å². The van der Waals surface area contributed by atoms with Crippen LogP contribution >= 0.6 is 0 Å². The molecule has 0 radical (unpaired) electrons. The number of benzene rings is 1. The number of anilines is 1. The zero-order valence-corrected chi connectivity index (χ0v) is 19.0. The van der Waals surface area contributed by atoms with Crippen molar-refractivity contribution >= 4 is 40.5 Å². The first-order valence-corrected chi connectivity index (χ1v) is 10.0. The highest BCUT2D eigenvalue weighted by atomic mass is 16.6. The van der Waals surface area contributed by atoms with E-state index in [1.54, 1.807) is 59.7 Å². The fraction of sp³-hybridized carbons (Fsp3) is 0.455. The molecule has 0 saturated carbocycles. The van der Waals surface area contributed by atoms with Gasteiger partial charge in [-0.3, -0.25) is 9.59 Å². The van der Waals surface area contributed by atoms with Gasteiger partial charge in [0.25, 0.3) is 0 Å². The Labute approximate surface area is 185 Å². The Kier molecular flexibility index (Phi) is 7.17. The van der Waals surface area contributed by atoms with Gasteiger partial charge in [0.2, 0.25) is 5.91 Å². The molecule has 0 spiro atoms. The lowest BCUT2D eigenvalue weighted by Gasteiger charge is -2.24. The number of esters is 1. The lowest BCUT2D eigenvalue weighted by Crippen LogP contribution is -2.47. The van der Waals surface area contributed by atoms with Gasteiger partial charge >= 0.3 is 18.0 Å². The predicted octanol–water partition coefficient (Wildman–Crippen LogP) is 3.43. The number of aromatic nitrogens is 1. The van der Waals surface area contributed by atoms with Crippen LogP contribution < -0.4 is 10.6 Å². The summed E-state index contributed by atoms with van der Waals surface area (Å²) in [6.07, 6.45) is -1.26. The highest BCUT2D eigenvalue weighted by molar-refractivity contribution is 6.01. The van der Waals surface area contributed by atoms with Gasteiger partial charge < -0.3 is 30.2 Å². The summed E-state index contributed by atoms with van der Waals surface area (Å²) in [4.78, 5) is 51.2. The molecular weight excluding hydrogens is 418 g/mol. The van der Waals surface area contributed by atoms with Crippen LogP contribution in [0.2, 0.25) is 0 Å². The minimum absolute atomic E-state index is 0.0119. The largest absolute Gasteiger partial charge is 0.477 e. The van der Waals surface area contributed by atoms with Crippen LogP contribution in [0.1, 0.15) is 58.5 Å². The summed E-state index contributed by atoms with van der Waals surface area (Å²) in [6, 6.07) is 4.94. The molecule has 2 rings (SSSR count). The molecule has 0 aliphatic carbocycles. The summed E-state index contributed by atoms with van der Waals surface area (Å²) in [5, 5.41) is 14.7. The van der Waals surface area contributed by atoms with Gasteiger partial charge in [-0.15, -0.1) is 0 Å². The topological polar surface area (TPSA) is 147 Å². The molecule has 1 atom stereocenters. The number of alkyl carbamates (subject to hydrolysis) is 1. The molecule has 0 aliphatic heterocycles. The molecule has 1 aromatic heterocycles. The van der Waals surface area contributed by atoms with Crippen molar-refractivity contribution in [3.8, 4) is 0 Å². The maximum Gasteiger partial charge on any atom is 0.408 e. The third-order valence-electron chi connectivity index (χ3n) is 3.92. The third kappa shape index (κ3) is 7.60. The number of carbonyl (C=O) groups is 4. The summed E-state index contributed by atoms with van der Waals surface area (Å²) in [5.41, 5.74) is -0.599. The van der Waals surface area contributed by atoms with E-state index < -0.39 is 47.6 Å². The molecule has 4 N–H and O–H groups in total. The van der Waals surface area contributed by atoms with E-state index in [4.69, 9.17) is 14.6 Å². The van der Waals surface area contributed by atoms with Crippen LogP contribution in [-0.4, -0.2) is 51.3 Å². The van der Waals surface area contributed by atoms with Crippen LogP contribution in [0.5, 0.6) is 0 Å². The number of H-pyrrole nitrogens is 1. The number of carbonyl (C=O) groups excluding carboxylic acids is 3. The molecule has 174 valence electrons. The van der Waals surface area contributed by atoms with Gasteiger partial charge in [-0.25, -0.2) is 9.59 Å². The smallest absolute Gasteiger partial charge is 0.408 e. The number of carboxylic acids is 1. The fourth-order valence-electron chi connectivity index (χ4n) is 2.76. The number of ether oxygens (including phenoxy) is 2. The number of aromatic amines is 1. The number of hydrogen-bond acceptors (Lipinski definition) is 6. The highest BCUT2D eigenvalue weighted by Crippen LogP contribution is 2.21. The fourth-order valence-corrected chi connectivity index (χ4v) is 2.76. The monoisotopic (exact) mass is 447 g/mol. The number of hydrogen-bond donors (Lipinski definition) is 4. The lowest BCUT2D eigenvalue weighted by atomic mass is 10.1. The molecule has 10 heteroatoms. The zero-order chi connectivity index (χ0) is 24.3. The Morgan fingerprint density at radius 3 is 2.19 bits per heavy atom. The molecule has 0 saturated heterocycles. The average molecular weight is 447 g/mol. The molecule has 1 unspecified atom stereocenters. The van der Waals surface area contributed by atoms with Gasteiger partial charge in [-0.2, -0.15) is 0 Å². The molecule has 0 fully saturated rings. The summed E-state index contributed by atoms with van der Waals surface area (Å²) in [6.45, 7) is 10.1. The first-order chi connectivity index (χ1) is 14.6. The van der Waals surface area contributed by atoms with Gasteiger partial charge in [0.15, 0.2) is 0 Å². The third-order valence-corrected chi connectivity index (χ3v) is 3.92. The van der Waals surface area contributed by atoms with Crippen molar-refractivity contribution in [1.82, 2.24) is 10.3 Å². The van der Waals surface area contributed by atoms with Gasteiger partial charge in [0, 0.05) is 16.6 Å². The van der Waals surface area contributed by atoms with Crippen LogP contribution in [0.15, 0.2) is 24.3 Å². The van der Waals surface area contributed by atoms with E-state index in [0.717, 1.165) is 0 Å². The normalized spacial score (nSPS) is 12.7. The van der Waals surface area contributed by atoms with Gasteiger partial charge in [0.1, 0.15) is 22.9 Å². The number of rotatable bonds is 6. The molecule has 10 nitrogen and oxygen atoms in total. The summed E-state index contributed by atoms with van der Waals surface area (Å²) < 4.78 is 10.5. The minimum atomic E-state index is -1.25. The lowest BCUT2D eigenvalue weighted by molar-refractivity contribution is -0.156. The van der Waals surface area contributed by atoms with E-state index in [-0.39, 0.29) is 5.69 Å². The second kappa shape index (κ2) is 9.29. The number of aromatic carboxylic acids is 1. The first-order valence-electron chi connectivity index (χ1n) is 10.0. The second-order valence-corrected chi connectivity index (χ2v) is 9.27. The zero-order valence-electron chi connectivity index (χ0n) is 19.0. The van der Waals surface area contributed by atoms with Gasteiger partial charge in [0.05, 0.1) is 6.42 Å². The molecule has 32 heavy (non-hydrogen) atoms. The quantitative estimate of drug-likeness (QED) is 0.496. The van der Waals surface area contributed by atoms with Crippen molar-refractivity contribution in [3.05, 3.63) is 30.0 Å². The number of amides is 2. The van der Waals surface area contributed by atoms with Gasteiger partial charge in [-0.1, -0.05) is 0 Å². The Morgan fingerprint density at radius 2 is 1.62 bits per heavy atom. The van der Waals surface area contributed by atoms with Crippen molar-refractivity contribution in [2.75, 3.05) is 5.32 Å². The average Bonchev–Trinajstić information content (AvgIpc) is 3.01. The van der Waals surface area contributed by atoms with Crippen LogP contribution in [-0.2, 0) is 19.1 Å². The van der Waals surface area contributed by atoms with Crippen LogP contribution in [0, 0.1) is 0 Å². The Morgan fingerprint density at radius 1 is 1.00 bits per heavy atom. The maximum absolute atomic E-state index is 12.9. The van der Waals surface area contributed by atoms with Crippen molar-refractivity contribution in [3.63, 3.8) is 0 Å². The van der Waals surface area contributed by atoms with Crippen molar-refractivity contribution in [2.24, 2.45) is 0 Å². The summed E-state index contributed by atoms with van der Waals surface area (Å²) >= 11 is 0. The maximum atomic E-state index is 12.9. The molecule has 0 bridgehead atoms. The van der Waals surface area contributed by atoms with Crippen LogP contribution in [0.25, 0.3) is 10.9 Å². The number of carboxylic acid groups (broad SMARTS) is 1. The van der Waals surface area contributed by atoms with Crippen molar-refractivity contribution < 1.29 is 33.8 Å². The molecule has 1 heterocycles. The Hall–Kier alpha value is -3.56. The molecular formula is C22H29N3O7. The van der Waals surface area contributed by atoms with Gasteiger partial charge in [-0.05, 0) is 65.8 Å². The molecule has 0 aliphatic rings. The highest BCUT2D eigenvalue weighted by Gasteiger charge is 2.29. The standard InChI is InChI=1S/C22H29N3O7/c1-21(2,3)31-17(26)11-15(25-20(30)32-22(4,5)6)18(27)23-13-7-8-14-12(9-13)10-16(24-14)19(28)29/h7-10,15,24H,11H2,1-6H3,(H,23,27)(H,25,30)(H,28,29). The second-order valence-electron chi connectivity index (χ2n) is 9.27. The van der Waals surface area contributed by atoms with Crippen LogP contribution in [0.3, 0.4) is 0 Å². The van der Waals surface area contributed by atoms with E-state index in [2.05, 4.69) is 15.6 Å².